The van der Waals surface area contributed by atoms with E-state index in [1.807, 2.05) is 30.5 Å². The normalized spacial score (nSPS) is 10.3. The van der Waals surface area contributed by atoms with E-state index >= 15 is 0 Å². The van der Waals surface area contributed by atoms with Gasteiger partial charge in [-0.1, -0.05) is 13.3 Å². The van der Waals surface area contributed by atoms with Gasteiger partial charge in [0.1, 0.15) is 0 Å². The lowest BCUT2D eigenvalue weighted by molar-refractivity contribution is 0.868. The van der Waals surface area contributed by atoms with E-state index in [1.165, 1.54) is 18.6 Å². The second kappa shape index (κ2) is 5.24. The molecule has 0 atom stereocenters. The molecule has 0 aliphatic carbocycles. The predicted octanol–water partition coefficient (Wildman–Crippen LogP) is 2.37. The van der Waals surface area contributed by atoms with Crippen LogP contribution in [-0.2, 0) is 5.88 Å². The number of imidazole rings is 1. The monoisotopic (exact) mass is 170 g/mol. The van der Waals surface area contributed by atoms with Crippen molar-refractivity contribution in [2.24, 2.45) is 0 Å². The van der Waals surface area contributed by atoms with E-state index in [9.17, 15) is 0 Å². The minimum absolute atomic E-state index is 1.04. The maximum Gasteiger partial charge on any atom is 0.0953 e. The Labute approximate surface area is 72.0 Å². The molecule has 11 heavy (non-hydrogen) atoms. The molecule has 62 valence electrons. The zero-order chi connectivity index (χ0) is 7.94. The number of hydrogen-bond donors (Lipinski definition) is 0. The molecule has 0 unspecified atom stereocenters. The number of hydrogen-bond acceptors (Lipinski definition) is 2. The van der Waals surface area contributed by atoms with Crippen LogP contribution in [0, 0.1) is 0 Å². The van der Waals surface area contributed by atoms with Crippen LogP contribution in [0.15, 0.2) is 18.7 Å². The molecule has 2 nitrogen and oxygen atoms in total. The van der Waals surface area contributed by atoms with Crippen molar-refractivity contribution in [1.82, 2.24) is 9.55 Å². The third-order valence-corrected chi connectivity index (χ3v) is 2.50. The van der Waals surface area contributed by atoms with Crippen molar-refractivity contribution in [3.63, 3.8) is 0 Å². The number of rotatable bonds is 5. The summed E-state index contributed by atoms with van der Waals surface area (Å²) in [6.45, 7) is 2.22. The first-order valence-electron chi connectivity index (χ1n) is 3.97. The highest BCUT2D eigenvalue weighted by Gasteiger charge is 1.89. The molecule has 0 saturated heterocycles. The van der Waals surface area contributed by atoms with Gasteiger partial charge in [-0.15, -0.1) is 11.8 Å². The van der Waals surface area contributed by atoms with Crippen molar-refractivity contribution in [3.8, 4) is 0 Å². The van der Waals surface area contributed by atoms with Crippen LogP contribution in [0.25, 0.3) is 0 Å². The highest BCUT2D eigenvalue weighted by Crippen LogP contribution is 2.06. The van der Waals surface area contributed by atoms with Crippen molar-refractivity contribution in [2.75, 3.05) is 5.75 Å². The maximum atomic E-state index is 3.97. The first-order chi connectivity index (χ1) is 5.43. The molecule has 0 saturated carbocycles. The highest BCUT2D eigenvalue weighted by atomic mass is 32.2. The molecule has 0 radical (unpaired) electrons. The van der Waals surface area contributed by atoms with Gasteiger partial charge in [-0.25, -0.2) is 4.98 Å². The molecule has 0 aliphatic heterocycles. The molecule has 0 aliphatic rings. The molecule has 0 N–H and O–H groups in total. The minimum atomic E-state index is 1.04. The largest absolute Gasteiger partial charge is 0.328 e. The third kappa shape index (κ3) is 3.46. The van der Waals surface area contributed by atoms with Gasteiger partial charge in [0, 0.05) is 12.4 Å². The second-order valence-corrected chi connectivity index (χ2v) is 3.54. The minimum Gasteiger partial charge on any atom is -0.328 e. The summed E-state index contributed by atoms with van der Waals surface area (Å²) in [4.78, 5) is 3.97. The van der Waals surface area contributed by atoms with Crippen LogP contribution >= 0.6 is 11.8 Å². The number of thioether (sulfide) groups is 1. The standard InChI is InChI=1S/C8H14N2S/c1-2-3-6-11-8-10-5-4-9-7-10/h4-5,7H,2-3,6,8H2,1H3. The number of aromatic nitrogens is 2. The van der Waals surface area contributed by atoms with Gasteiger partial charge in [-0.3, -0.25) is 0 Å². The Hall–Kier alpha value is -0.440. The van der Waals surface area contributed by atoms with E-state index in [0.717, 1.165) is 5.88 Å². The SMILES string of the molecule is CCCCSCn1ccnc1. The molecular formula is C8H14N2S. The lowest BCUT2D eigenvalue weighted by Crippen LogP contribution is -1.90. The predicted molar refractivity (Wildman–Crippen MR) is 49.6 cm³/mol. The van der Waals surface area contributed by atoms with E-state index in [4.69, 9.17) is 0 Å². The lowest BCUT2D eigenvalue weighted by Gasteiger charge is -1.99. The first kappa shape index (κ1) is 8.65. The fourth-order valence-electron chi connectivity index (χ4n) is 0.779. The van der Waals surface area contributed by atoms with Crippen LogP contribution < -0.4 is 0 Å². The summed E-state index contributed by atoms with van der Waals surface area (Å²) in [5.74, 6) is 2.30. The van der Waals surface area contributed by atoms with Gasteiger partial charge >= 0.3 is 0 Å². The Balaban J connectivity index is 2.04. The van der Waals surface area contributed by atoms with Gasteiger partial charge in [0.15, 0.2) is 0 Å². The molecule has 3 heteroatoms. The van der Waals surface area contributed by atoms with Gasteiger partial charge in [0.2, 0.25) is 0 Å². The zero-order valence-electron chi connectivity index (χ0n) is 6.86. The van der Waals surface area contributed by atoms with E-state index < -0.39 is 0 Å². The molecule has 0 fully saturated rings. The van der Waals surface area contributed by atoms with Gasteiger partial charge < -0.3 is 4.57 Å². The second-order valence-electron chi connectivity index (χ2n) is 2.47. The number of unbranched alkanes of at least 4 members (excludes halogenated alkanes) is 1. The van der Waals surface area contributed by atoms with Crippen molar-refractivity contribution in [3.05, 3.63) is 18.7 Å². The quantitative estimate of drug-likeness (QED) is 0.631. The molecule has 0 aromatic carbocycles. The van der Waals surface area contributed by atoms with Crippen LogP contribution in [0.2, 0.25) is 0 Å². The van der Waals surface area contributed by atoms with Crippen LogP contribution in [0.4, 0.5) is 0 Å². The maximum absolute atomic E-state index is 3.97. The fraction of sp³-hybridized carbons (Fsp3) is 0.625. The molecule has 1 heterocycles. The van der Waals surface area contributed by atoms with Gasteiger partial charge in [-0.2, -0.15) is 0 Å². The van der Waals surface area contributed by atoms with Gasteiger partial charge in [0.05, 0.1) is 12.2 Å². The summed E-state index contributed by atoms with van der Waals surface area (Å²) in [6.07, 6.45) is 8.29. The van der Waals surface area contributed by atoms with E-state index in [2.05, 4.69) is 16.5 Å². The Morgan fingerprint density at radius 1 is 1.55 bits per heavy atom. The van der Waals surface area contributed by atoms with Gasteiger partial charge in [-0.05, 0) is 12.2 Å². The topological polar surface area (TPSA) is 17.8 Å². The van der Waals surface area contributed by atoms with Crippen LogP contribution in [0.5, 0.6) is 0 Å². The Kier molecular flexibility index (Phi) is 4.12. The van der Waals surface area contributed by atoms with Crippen LogP contribution in [0.3, 0.4) is 0 Å². The van der Waals surface area contributed by atoms with Crippen molar-refractivity contribution in [2.45, 2.75) is 25.6 Å². The summed E-state index contributed by atoms with van der Waals surface area (Å²) in [5.41, 5.74) is 0. The highest BCUT2D eigenvalue weighted by molar-refractivity contribution is 7.98. The molecule has 0 bridgehead atoms. The molecule has 1 aromatic heterocycles. The Morgan fingerprint density at radius 3 is 3.09 bits per heavy atom. The van der Waals surface area contributed by atoms with Crippen LogP contribution in [0.1, 0.15) is 19.8 Å². The first-order valence-corrected chi connectivity index (χ1v) is 5.12. The summed E-state index contributed by atoms with van der Waals surface area (Å²) < 4.78 is 2.10. The zero-order valence-corrected chi connectivity index (χ0v) is 7.68. The molecule has 1 aromatic rings. The van der Waals surface area contributed by atoms with Crippen molar-refractivity contribution < 1.29 is 0 Å². The Bertz CT molecular complexity index is 172. The average molecular weight is 170 g/mol. The lowest BCUT2D eigenvalue weighted by atomic mass is 10.4. The summed E-state index contributed by atoms with van der Waals surface area (Å²) in [5, 5.41) is 0. The molecule has 0 amide bonds. The number of nitrogens with zero attached hydrogens (tertiary/aromatic N) is 2. The Morgan fingerprint density at radius 2 is 2.45 bits per heavy atom. The van der Waals surface area contributed by atoms with Crippen molar-refractivity contribution >= 4 is 11.8 Å². The van der Waals surface area contributed by atoms with Crippen LogP contribution in [-0.4, -0.2) is 15.3 Å². The van der Waals surface area contributed by atoms with E-state index in [-0.39, 0.29) is 0 Å². The summed E-state index contributed by atoms with van der Waals surface area (Å²) in [6, 6.07) is 0. The fourth-order valence-corrected chi connectivity index (χ4v) is 1.76. The summed E-state index contributed by atoms with van der Waals surface area (Å²) >= 11 is 1.96. The molecule has 0 spiro atoms. The van der Waals surface area contributed by atoms with Crippen molar-refractivity contribution in [1.29, 1.82) is 0 Å². The smallest absolute Gasteiger partial charge is 0.0953 e. The molecular weight excluding hydrogens is 156 g/mol. The third-order valence-electron chi connectivity index (χ3n) is 1.44. The average Bonchev–Trinajstić information content (AvgIpc) is 2.50. The van der Waals surface area contributed by atoms with E-state index in [1.54, 1.807) is 0 Å². The summed E-state index contributed by atoms with van der Waals surface area (Å²) in [7, 11) is 0. The molecule has 1 rings (SSSR count). The van der Waals surface area contributed by atoms with Gasteiger partial charge in [0.25, 0.3) is 0 Å². The van der Waals surface area contributed by atoms with E-state index in [0.29, 0.717) is 0 Å².